The second-order valence-corrected chi connectivity index (χ2v) is 4.90. The monoisotopic (exact) mass is 278 g/mol. The Hall–Kier alpha value is -1.95. The summed E-state index contributed by atoms with van der Waals surface area (Å²) in [4.78, 5) is 28.7. The van der Waals surface area contributed by atoms with Crippen LogP contribution in [0.1, 0.15) is 46.5 Å². The van der Waals surface area contributed by atoms with Crippen LogP contribution < -0.4 is 0 Å². The number of rotatable bonds is 4. The van der Waals surface area contributed by atoms with Crippen molar-refractivity contribution in [3.63, 3.8) is 0 Å². The Bertz CT molecular complexity index is 484. The van der Waals surface area contributed by atoms with Gasteiger partial charge in [-0.05, 0) is 37.8 Å². The molecule has 0 spiro atoms. The molecule has 0 saturated carbocycles. The predicted molar refractivity (Wildman–Crippen MR) is 71.6 cm³/mol. The van der Waals surface area contributed by atoms with E-state index in [1.165, 1.54) is 18.3 Å². The van der Waals surface area contributed by atoms with Gasteiger partial charge in [0.1, 0.15) is 5.69 Å². The van der Waals surface area contributed by atoms with Gasteiger partial charge < -0.3 is 15.1 Å². The smallest absolute Gasteiger partial charge is 0.354 e. The highest BCUT2D eigenvalue weighted by Crippen LogP contribution is 2.21. The molecule has 1 aliphatic rings. The maximum Gasteiger partial charge on any atom is 0.354 e. The van der Waals surface area contributed by atoms with Crippen molar-refractivity contribution in [1.29, 1.82) is 0 Å². The van der Waals surface area contributed by atoms with Crippen LogP contribution in [-0.2, 0) is 0 Å². The number of carbonyl (C=O) groups excluding carboxylic acids is 1. The zero-order chi connectivity index (χ0) is 14.5. The molecule has 1 aliphatic heterocycles. The molecular weight excluding hydrogens is 260 g/mol. The van der Waals surface area contributed by atoms with Crippen LogP contribution in [0.25, 0.3) is 0 Å². The summed E-state index contributed by atoms with van der Waals surface area (Å²) in [6.07, 6.45) is 4.79. The molecule has 0 bridgehead atoms. The van der Waals surface area contributed by atoms with Gasteiger partial charge in [-0.15, -0.1) is 0 Å². The number of hydrogen-bond acceptors (Lipinski definition) is 4. The molecule has 1 unspecified atom stereocenters. The largest absolute Gasteiger partial charge is 0.477 e. The first-order chi connectivity index (χ1) is 9.63. The Kier molecular flexibility index (Phi) is 4.68. The lowest BCUT2D eigenvalue weighted by atomic mass is 9.98. The van der Waals surface area contributed by atoms with E-state index in [9.17, 15) is 9.59 Å². The summed E-state index contributed by atoms with van der Waals surface area (Å²) in [5.74, 6) is -1.26. The van der Waals surface area contributed by atoms with Crippen LogP contribution in [0.5, 0.6) is 0 Å². The van der Waals surface area contributed by atoms with Gasteiger partial charge >= 0.3 is 5.97 Å². The van der Waals surface area contributed by atoms with E-state index < -0.39 is 5.97 Å². The van der Waals surface area contributed by atoms with Crippen LogP contribution >= 0.6 is 0 Å². The molecule has 2 heterocycles. The van der Waals surface area contributed by atoms with E-state index in [0.29, 0.717) is 18.5 Å². The summed E-state index contributed by atoms with van der Waals surface area (Å²) in [5, 5.41) is 17.9. The number of likely N-dealkylation sites (tertiary alicyclic amines) is 1. The lowest BCUT2D eigenvalue weighted by molar-refractivity contribution is 0.0572. The highest BCUT2D eigenvalue weighted by atomic mass is 16.4. The molecule has 1 fully saturated rings. The molecular formula is C14H18N2O4. The highest BCUT2D eigenvalue weighted by Gasteiger charge is 2.27. The quantitative estimate of drug-likeness (QED) is 0.862. The molecule has 20 heavy (non-hydrogen) atoms. The fourth-order valence-electron chi connectivity index (χ4n) is 2.53. The number of carboxylic acid groups (broad SMARTS) is 1. The standard InChI is InChI=1S/C14H18N2O4/c17-8-6-11-3-1-2-7-16(11)13(18)10-4-5-12(14(19)20)15-9-10/h4-5,9,11,17H,1-3,6-8H2,(H,19,20). The van der Waals surface area contributed by atoms with Gasteiger partial charge in [-0.25, -0.2) is 9.78 Å². The molecule has 1 saturated heterocycles. The Morgan fingerprint density at radius 3 is 2.75 bits per heavy atom. The zero-order valence-corrected chi connectivity index (χ0v) is 11.2. The summed E-state index contributed by atoms with van der Waals surface area (Å²) < 4.78 is 0. The van der Waals surface area contributed by atoms with E-state index >= 15 is 0 Å². The molecule has 6 heteroatoms. The van der Waals surface area contributed by atoms with E-state index in [1.807, 2.05) is 0 Å². The van der Waals surface area contributed by atoms with Crippen molar-refractivity contribution < 1.29 is 19.8 Å². The third-order valence-electron chi connectivity index (χ3n) is 3.58. The molecule has 1 aromatic heterocycles. The van der Waals surface area contributed by atoms with Gasteiger partial charge in [-0.3, -0.25) is 4.79 Å². The third-order valence-corrected chi connectivity index (χ3v) is 3.58. The van der Waals surface area contributed by atoms with E-state index in [-0.39, 0.29) is 24.2 Å². The molecule has 0 aliphatic carbocycles. The van der Waals surface area contributed by atoms with Crippen LogP contribution in [0.15, 0.2) is 18.3 Å². The average Bonchev–Trinajstić information content (AvgIpc) is 2.47. The first kappa shape index (κ1) is 14.5. The molecule has 0 radical (unpaired) electrons. The zero-order valence-electron chi connectivity index (χ0n) is 11.2. The lowest BCUT2D eigenvalue weighted by Crippen LogP contribution is -2.44. The number of aliphatic hydroxyl groups is 1. The van der Waals surface area contributed by atoms with Gasteiger partial charge in [0.2, 0.25) is 0 Å². The molecule has 2 N–H and O–H groups in total. The van der Waals surface area contributed by atoms with Crippen LogP contribution in [-0.4, -0.2) is 51.2 Å². The summed E-state index contributed by atoms with van der Waals surface area (Å²) in [7, 11) is 0. The van der Waals surface area contributed by atoms with E-state index in [2.05, 4.69) is 4.98 Å². The van der Waals surface area contributed by atoms with Crippen molar-refractivity contribution in [1.82, 2.24) is 9.88 Å². The number of piperidine rings is 1. The molecule has 1 aromatic rings. The van der Waals surface area contributed by atoms with Crippen LogP contribution in [0.2, 0.25) is 0 Å². The number of aliphatic hydroxyl groups excluding tert-OH is 1. The highest BCUT2D eigenvalue weighted by molar-refractivity contribution is 5.95. The normalized spacial score (nSPS) is 18.9. The van der Waals surface area contributed by atoms with Gasteiger partial charge in [-0.2, -0.15) is 0 Å². The molecule has 1 atom stereocenters. The number of pyridine rings is 1. The third kappa shape index (κ3) is 3.14. The minimum absolute atomic E-state index is 0.0559. The molecule has 1 amide bonds. The van der Waals surface area contributed by atoms with Gasteiger partial charge in [0.15, 0.2) is 0 Å². The summed E-state index contributed by atoms with van der Waals surface area (Å²) in [6, 6.07) is 2.88. The molecule has 108 valence electrons. The van der Waals surface area contributed by atoms with Crippen molar-refractivity contribution >= 4 is 11.9 Å². The summed E-state index contributed by atoms with van der Waals surface area (Å²) in [6.45, 7) is 0.731. The first-order valence-corrected chi connectivity index (χ1v) is 6.74. The van der Waals surface area contributed by atoms with Gasteiger partial charge in [0, 0.05) is 25.4 Å². The van der Waals surface area contributed by atoms with Crippen LogP contribution in [0.4, 0.5) is 0 Å². The van der Waals surface area contributed by atoms with Crippen molar-refractivity contribution in [2.75, 3.05) is 13.2 Å². The Morgan fingerprint density at radius 2 is 2.15 bits per heavy atom. The van der Waals surface area contributed by atoms with Crippen molar-refractivity contribution in [2.24, 2.45) is 0 Å². The molecule has 0 aromatic carbocycles. The maximum absolute atomic E-state index is 12.4. The van der Waals surface area contributed by atoms with Gasteiger partial charge in [0.25, 0.3) is 5.91 Å². The van der Waals surface area contributed by atoms with Crippen LogP contribution in [0.3, 0.4) is 0 Å². The molecule has 6 nitrogen and oxygen atoms in total. The van der Waals surface area contributed by atoms with Crippen molar-refractivity contribution in [3.05, 3.63) is 29.6 Å². The van der Waals surface area contributed by atoms with E-state index in [4.69, 9.17) is 10.2 Å². The number of carbonyl (C=O) groups is 2. The van der Waals surface area contributed by atoms with Crippen molar-refractivity contribution in [3.8, 4) is 0 Å². The Morgan fingerprint density at radius 1 is 1.35 bits per heavy atom. The Labute approximate surface area is 117 Å². The second kappa shape index (κ2) is 6.47. The molecule has 2 rings (SSSR count). The van der Waals surface area contributed by atoms with E-state index in [0.717, 1.165) is 19.3 Å². The average molecular weight is 278 g/mol. The minimum Gasteiger partial charge on any atom is -0.477 e. The first-order valence-electron chi connectivity index (χ1n) is 6.74. The summed E-state index contributed by atoms with van der Waals surface area (Å²) in [5.41, 5.74) is 0.312. The predicted octanol–water partition coefficient (Wildman–Crippen LogP) is 1.16. The number of nitrogens with zero attached hydrogens (tertiary/aromatic N) is 2. The van der Waals surface area contributed by atoms with Gasteiger partial charge in [-0.1, -0.05) is 0 Å². The number of amides is 1. The number of carboxylic acids is 1. The minimum atomic E-state index is -1.11. The SMILES string of the molecule is O=C(O)c1ccc(C(=O)N2CCCCC2CCO)cn1. The fourth-order valence-corrected chi connectivity index (χ4v) is 2.53. The number of hydrogen-bond donors (Lipinski definition) is 2. The Balaban J connectivity index is 2.14. The number of aromatic carboxylic acids is 1. The second-order valence-electron chi connectivity index (χ2n) is 4.90. The fraction of sp³-hybridized carbons (Fsp3) is 0.500. The van der Waals surface area contributed by atoms with Gasteiger partial charge in [0.05, 0.1) is 5.56 Å². The summed E-state index contributed by atoms with van der Waals surface area (Å²) >= 11 is 0. The van der Waals surface area contributed by atoms with Crippen LogP contribution in [0, 0.1) is 0 Å². The van der Waals surface area contributed by atoms with E-state index in [1.54, 1.807) is 4.90 Å². The maximum atomic E-state index is 12.4. The lowest BCUT2D eigenvalue weighted by Gasteiger charge is -2.35. The number of aromatic nitrogens is 1. The topological polar surface area (TPSA) is 90.7 Å². The van der Waals surface area contributed by atoms with Crippen molar-refractivity contribution in [2.45, 2.75) is 31.7 Å².